The summed E-state index contributed by atoms with van der Waals surface area (Å²) in [6.45, 7) is 4.26. The molecular weight excluding hydrogens is 374 g/mol. The number of hydrogen-bond donors (Lipinski definition) is 4. The molecule has 8 heteroatoms. The number of halogens is 1. The van der Waals surface area contributed by atoms with Gasteiger partial charge >= 0.3 is 0 Å². The van der Waals surface area contributed by atoms with E-state index in [0.29, 0.717) is 6.61 Å². The quantitative estimate of drug-likeness (QED) is 0.199. The zero-order valence-corrected chi connectivity index (χ0v) is 17.9. The molecule has 0 amide bonds. The van der Waals surface area contributed by atoms with E-state index in [4.69, 9.17) is 9.47 Å². The van der Waals surface area contributed by atoms with Crippen molar-refractivity contribution in [3.05, 3.63) is 0 Å². The van der Waals surface area contributed by atoms with Gasteiger partial charge in [-0.25, -0.2) is 0 Å². The minimum atomic E-state index is -1.38. The van der Waals surface area contributed by atoms with Crippen LogP contribution in [-0.4, -0.2) is 96.0 Å². The van der Waals surface area contributed by atoms with E-state index in [1.807, 2.05) is 0 Å². The number of ether oxygens (including phenoxy) is 2. The second kappa shape index (κ2) is 14.1. The molecule has 4 N–H and O–H groups in total. The third-order valence-corrected chi connectivity index (χ3v) is 5.16. The van der Waals surface area contributed by atoms with E-state index in [1.54, 1.807) is 0 Å². The minimum Gasteiger partial charge on any atom is -1.00 e. The second-order valence-electron chi connectivity index (χ2n) is 8.07. The van der Waals surface area contributed by atoms with Gasteiger partial charge in [-0.05, 0) is 12.8 Å². The summed E-state index contributed by atoms with van der Waals surface area (Å²) < 4.78 is 11.8. The summed E-state index contributed by atoms with van der Waals surface area (Å²) >= 11 is 0. The van der Waals surface area contributed by atoms with Gasteiger partial charge in [0.05, 0.1) is 40.4 Å². The van der Waals surface area contributed by atoms with Crippen LogP contribution < -0.4 is 12.4 Å². The minimum absolute atomic E-state index is 0. The van der Waals surface area contributed by atoms with Crippen LogP contribution in [0.3, 0.4) is 0 Å². The van der Waals surface area contributed by atoms with Crippen LogP contribution in [0.1, 0.15) is 51.9 Å². The molecule has 0 aromatic carbocycles. The number of quaternary nitrogens is 1. The number of aliphatic hydroxyl groups excluding tert-OH is 4. The van der Waals surface area contributed by atoms with E-state index >= 15 is 0 Å². The van der Waals surface area contributed by atoms with E-state index in [2.05, 4.69) is 21.0 Å². The van der Waals surface area contributed by atoms with Crippen LogP contribution >= 0.6 is 0 Å². The van der Waals surface area contributed by atoms with Crippen molar-refractivity contribution in [2.75, 3.05) is 40.4 Å². The topological polar surface area (TPSA) is 99.4 Å². The van der Waals surface area contributed by atoms with Gasteiger partial charge < -0.3 is 46.8 Å². The van der Waals surface area contributed by atoms with Gasteiger partial charge in [-0.15, -0.1) is 0 Å². The molecule has 1 saturated heterocycles. The highest BCUT2D eigenvalue weighted by molar-refractivity contribution is 4.88. The fourth-order valence-corrected chi connectivity index (χ4v) is 3.33. The van der Waals surface area contributed by atoms with Gasteiger partial charge in [-0.3, -0.25) is 0 Å². The van der Waals surface area contributed by atoms with Crippen LogP contribution in [0.2, 0.25) is 0 Å². The molecule has 1 fully saturated rings. The Labute approximate surface area is 170 Å². The molecule has 164 valence electrons. The third-order valence-electron chi connectivity index (χ3n) is 5.16. The fraction of sp³-hybridized carbons (Fsp3) is 1.00. The van der Waals surface area contributed by atoms with E-state index < -0.39 is 37.3 Å². The van der Waals surface area contributed by atoms with Gasteiger partial charge in [0.2, 0.25) is 0 Å². The number of nitrogens with zero attached hydrogens (tertiary/aromatic N) is 1. The molecule has 1 aliphatic heterocycles. The molecule has 1 heterocycles. The Balaban J connectivity index is 0.00000676. The van der Waals surface area contributed by atoms with Crippen LogP contribution in [0, 0.1) is 0 Å². The maximum Gasteiger partial charge on any atom is 0.186 e. The molecule has 0 aromatic rings. The normalized spacial score (nSPS) is 28.8. The number of aliphatic hydroxyl groups is 4. The summed E-state index contributed by atoms with van der Waals surface area (Å²) in [5.41, 5.74) is 0. The first-order valence-corrected chi connectivity index (χ1v) is 10.1. The zero-order valence-electron chi connectivity index (χ0n) is 17.1. The molecular formula is C19H40ClNO6. The lowest BCUT2D eigenvalue weighted by molar-refractivity contribution is -0.890. The summed E-state index contributed by atoms with van der Waals surface area (Å²) in [6.07, 6.45) is 2.56. The standard InChI is InChI=1S/C19H40NO6.ClH/c1-4-5-6-7-8-9-11-20(2,3)12-10-13-25-19-18(24)17(23)16(22)15(14-21)26-19;/h15-19,21-24H,4-14H2,1-3H3;1H/q+1;/p-1/t15-,16-,17+,18-,19?;/m1./s1. The first-order chi connectivity index (χ1) is 12.3. The van der Waals surface area contributed by atoms with E-state index in [-0.39, 0.29) is 12.4 Å². The Hall–Kier alpha value is 0.01000. The second-order valence-corrected chi connectivity index (χ2v) is 8.07. The predicted octanol–water partition coefficient (Wildman–Crippen LogP) is -2.37. The smallest absolute Gasteiger partial charge is 0.186 e. The molecule has 27 heavy (non-hydrogen) atoms. The highest BCUT2D eigenvalue weighted by atomic mass is 35.5. The molecule has 5 atom stereocenters. The van der Waals surface area contributed by atoms with Crippen LogP contribution in [0.4, 0.5) is 0 Å². The van der Waals surface area contributed by atoms with Crippen molar-refractivity contribution >= 4 is 0 Å². The molecule has 0 spiro atoms. The Morgan fingerprint density at radius 2 is 1.44 bits per heavy atom. The van der Waals surface area contributed by atoms with Crippen molar-refractivity contribution in [1.29, 1.82) is 0 Å². The summed E-state index contributed by atoms with van der Waals surface area (Å²) in [6, 6.07) is 0. The highest BCUT2D eigenvalue weighted by Crippen LogP contribution is 2.22. The third kappa shape index (κ3) is 9.85. The van der Waals surface area contributed by atoms with Crippen molar-refractivity contribution in [1.82, 2.24) is 0 Å². The van der Waals surface area contributed by atoms with Gasteiger partial charge in [-0.2, -0.15) is 0 Å². The van der Waals surface area contributed by atoms with Gasteiger partial charge in [0, 0.05) is 6.42 Å². The van der Waals surface area contributed by atoms with Crippen molar-refractivity contribution in [3.63, 3.8) is 0 Å². The molecule has 1 aliphatic rings. The zero-order chi connectivity index (χ0) is 19.6. The van der Waals surface area contributed by atoms with Crippen LogP contribution in [0.15, 0.2) is 0 Å². The SMILES string of the molecule is CCCCCCCC[N+](C)(C)CCCOC1O[C@H](CO)[C@@H](O)[C@H](O)[C@H]1O.[Cl-]. The monoisotopic (exact) mass is 413 g/mol. The maximum atomic E-state index is 9.94. The molecule has 1 rings (SSSR count). The van der Waals surface area contributed by atoms with Gasteiger partial charge in [0.25, 0.3) is 0 Å². The number of rotatable bonds is 13. The molecule has 0 aliphatic carbocycles. The van der Waals surface area contributed by atoms with E-state index in [0.717, 1.165) is 24.0 Å². The van der Waals surface area contributed by atoms with E-state index in [1.165, 1.54) is 38.5 Å². The Morgan fingerprint density at radius 3 is 2.07 bits per heavy atom. The average molecular weight is 414 g/mol. The summed E-state index contributed by atoms with van der Waals surface area (Å²) in [5, 5.41) is 38.6. The average Bonchev–Trinajstić information content (AvgIpc) is 2.61. The number of unbranched alkanes of at least 4 members (excludes halogenated alkanes) is 5. The molecule has 7 nitrogen and oxygen atoms in total. The lowest BCUT2D eigenvalue weighted by Crippen LogP contribution is -3.00. The molecule has 0 bridgehead atoms. The van der Waals surface area contributed by atoms with Gasteiger partial charge in [0.1, 0.15) is 24.4 Å². The van der Waals surface area contributed by atoms with Crippen molar-refractivity contribution in [2.45, 2.75) is 82.6 Å². The van der Waals surface area contributed by atoms with Crippen molar-refractivity contribution in [2.24, 2.45) is 0 Å². The summed E-state index contributed by atoms with van der Waals surface area (Å²) in [7, 11) is 4.42. The summed E-state index contributed by atoms with van der Waals surface area (Å²) in [4.78, 5) is 0. The van der Waals surface area contributed by atoms with Crippen LogP contribution in [0.5, 0.6) is 0 Å². The lowest BCUT2D eigenvalue weighted by Gasteiger charge is -2.39. The predicted molar refractivity (Wildman–Crippen MR) is 99.6 cm³/mol. The lowest BCUT2D eigenvalue weighted by atomic mass is 9.99. The molecule has 0 radical (unpaired) electrons. The van der Waals surface area contributed by atoms with Crippen molar-refractivity contribution < 1.29 is 46.8 Å². The van der Waals surface area contributed by atoms with E-state index in [9.17, 15) is 20.4 Å². The Kier molecular flexibility index (Phi) is 14.1. The molecule has 0 saturated carbocycles. The number of hydrogen-bond acceptors (Lipinski definition) is 6. The van der Waals surface area contributed by atoms with Gasteiger partial charge in [0.15, 0.2) is 6.29 Å². The Bertz CT molecular complexity index is 372. The van der Waals surface area contributed by atoms with Gasteiger partial charge in [-0.1, -0.05) is 32.6 Å². The largest absolute Gasteiger partial charge is 1.00 e. The maximum absolute atomic E-state index is 9.94. The molecule has 0 aromatic heterocycles. The van der Waals surface area contributed by atoms with Crippen LogP contribution in [-0.2, 0) is 9.47 Å². The fourth-order valence-electron chi connectivity index (χ4n) is 3.33. The summed E-state index contributed by atoms with van der Waals surface area (Å²) in [5.74, 6) is 0. The molecule has 1 unspecified atom stereocenters. The van der Waals surface area contributed by atoms with Crippen LogP contribution in [0.25, 0.3) is 0 Å². The first kappa shape index (κ1) is 27.0. The Morgan fingerprint density at radius 1 is 0.852 bits per heavy atom. The van der Waals surface area contributed by atoms with Crippen molar-refractivity contribution in [3.8, 4) is 0 Å². The highest BCUT2D eigenvalue weighted by Gasteiger charge is 2.43. The first-order valence-electron chi connectivity index (χ1n) is 10.1.